The molecule has 2 N–H and O–H groups in total. The predicted octanol–water partition coefficient (Wildman–Crippen LogP) is 1.98. The molecule has 1 amide bonds. The molecule has 7 nitrogen and oxygen atoms in total. The van der Waals surface area contributed by atoms with E-state index in [0.29, 0.717) is 43.3 Å². The minimum Gasteiger partial charge on any atom is -0.487 e. The van der Waals surface area contributed by atoms with Crippen LogP contribution in [0.4, 0.5) is 5.69 Å². The van der Waals surface area contributed by atoms with Gasteiger partial charge in [0.05, 0.1) is 25.0 Å². The molecule has 0 aliphatic carbocycles. The molecule has 27 heavy (non-hydrogen) atoms. The number of anilines is 1. The molecule has 1 saturated heterocycles. The molecule has 0 bridgehead atoms. The number of carbonyl (C=O) groups is 2. The van der Waals surface area contributed by atoms with E-state index >= 15 is 0 Å². The van der Waals surface area contributed by atoms with Gasteiger partial charge in [0, 0.05) is 13.1 Å². The number of rotatable bonds is 6. The lowest BCUT2D eigenvalue weighted by molar-refractivity contribution is -0.128. The molecule has 1 aliphatic rings. The monoisotopic (exact) mass is 370 g/mol. The summed E-state index contributed by atoms with van der Waals surface area (Å²) in [5.41, 5.74) is 1.71. The van der Waals surface area contributed by atoms with Gasteiger partial charge in [0.2, 0.25) is 0 Å². The first-order valence-electron chi connectivity index (χ1n) is 8.69. The molecule has 7 heteroatoms. The van der Waals surface area contributed by atoms with Crippen molar-refractivity contribution in [3.05, 3.63) is 59.7 Å². The van der Waals surface area contributed by atoms with Gasteiger partial charge < -0.3 is 24.8 Å². The van der Waals surface area contributed by atoms with Gasteiger partial charge in [-0.15, -0.1) is 0 Å². The number of esters is 1. The van der Waals surface area contributed by atoms with Gasteiger partial charge in [-0.3, -0.25) is 4.79 Å². The second-order valence-corrected chi connectivity index (χ2v) is 6.03. The Morgan fingerprint density at radius 2 is 2.04 bits per heavy atom. The van der Waals surface area contributed by atoms with Crippen molar-refractivity contribution in [2.24, 2.45) is 0 Å². The van der Waals surface area contributed by atoms with Crippen molar-refractivity contribution < 1.29 is 23.8 Å². The Kier molecular flexibility index (Phi) is 6.40. The van der Waals surface area contributed by atoms with Crippen LogP contribution in [0.1, 0.15) is 15.9 Å². The number of hydrogen-bond acceptors (Lipinski definition) is 6. The van der Waals surface area contributed by atoms with Crippen molar-refractivity contribution in [1.29, 1.82) is 0 Å². The van der Waals surface area contributed by atoms with Crippen LogP contribution in [0.15, 0.2) is 48.5 Å². The number of methoxy groups -OCH3 is 1. The first kappa shape index (κ1) is 18.9. The van der Waals surface area contributed by atoms with Crippen LogP contribution < -0.4 is 15.4 Å². The van der Waals surface area contributed by atoms with Crippen LogP contribution in [-0.2, 0) is 20.9 Å². The Morgan fingerprint density at radius 1 is 1.22 bits per heavy atom. The Balaban J connectivity index is 1.78. The van der Waals surface area contributed by atoms with Crippen molar-refractivity contribution in [2.45, 2.75) is 12.7 Å². The predicted molar refractivity (Wildman–Crippen MR) is 99.8 cm³/mol. The third-order valence-electron chi connectivity index (χ3n) is 4.12. The molecule has 0 radical (unpaired) electrons. The molecular formula is C20H22N2O5. The minimum absolute atomic E-state index is 0.297. The smallest absolute Gasteiger partial charge is 0.337 e. The second kappa shape index (κ2) is 9.16. The van der Waals surface area contributed by atoms with Crippen LogP contribution >= 0.6 is 0 Å². The molecule has 1 fully saturated rings. The normalized spacial score (nSPS) is 16.4. The van der Waals surface area contributed by atoms with E-state index < -0.39 is 12.1 Å². The molecule has 0 spiro atoms. The summed E-state index contributed by atoms with van der Waals surface area (Å²) in [5.74, 6) is -0.326. The van der Waals surface area contributed by atoms with Gasteiger partial charge in [-0.1, -0.05) is 30.3 Å². The summed E-state index contributed by atoms with van der Waals surface area (Å²) >= 11 is 0. The zero-order valence-electron chi connectivity index (χ0n) is 15.1. The summed E-state index contributed by atoms with van der Waals surface area (Å²) in [5, 5.41) is 5.91. The maximum absolute atomic E-state index is 12.5. The fourth-order valence-corrected chi connectivity index (χ4v) is 2.68. The van der Waals surface area contributed by atoms with Gasteiger partial charge in [-0.05, 0) is 23.8 Å². The van der Waals surface area contributed by atoms with Gasteiger partial charge in [-0.25, -0.2) is 4.79 Å². The molecule has 3 rings (SSSR count). The van der Waals surface area contributed by atoms with Crippen molar-refractivity contribution >= 4 is 17.6 Å². The van der Waals surface area contributed by atoms with Crippen LogP contribution in [-0.4, -0.2) is 44.8 Å². The number of benzene rings is 2. The Hall–Kier alpha value is -2.90. The van der Waals surface area contributed by atoms with E-state index in [1.54, 1.807) is 18.2 Å². The summed E-state index contributed by atoms with van der Waals surface area (Å²) in [4.78, 5) is 24.3. The third-order valence-corrected chi connectivity index (χ3v) is 4.12. The third kappa shape index (κ3) is 5.06. The fourth-order valence-electron chi connectivity index (χ4n) is 2.68. The average Bonchev–Trinajstić information content (AvgIpc) is 2.73. The standard InChI is InChI=1S/C20H22N2O5/c1-25-20(24)15-7-8-17(27-13-14-5-3-2-4-6-14)16(11-15)22-19(23)18-12-21-9-10-26-18/h2-8,11,18,21H,9-10,12-13H2,1H3,(H,22,23)/t18-/m1/s1. The fraction of sp³-hybridized carbons (Fsp3) is 0.300. The highest BCUT2D eigenvalue weighted by molar-refractivity contribution is 5.98. The zero-order chi connectivity index (χ0) is 19.1. The average molecular weight is 370 g/mol. The van der Waals surface area contributed by atoms with Crippen molar-refractivity contribution in [3.63, 3.8) is 0 Å². The van der Waals surface area contributed by atoms with Crippen LogP contribution in [0.2, 0.25) is 0 Å². The van der Waals surface area contributed by atoms with E-state index in [1.165, 1.54) is 7.11 Å². The van der Waals surface area contributed by atoms with Crippen LogP contribution in [0.25, 0.3) is 0 Å². The number of carbonyl (C=O) groups excluding carboxylic acids is 2. The lowest BCUT2D eigenvalue weighted by Gasteiger charge is -2.23. The van der Waals surface area contributed by atoms with Gasteiger partial charge in [0.25, 0.3) is 5.91 Å². The van der Waals surface area contributed by atoms with E-state index in [-0.39, 0.29) is 5.91 Å². The molecule has 2 aromatic carbocycles. The first-order chi connectivity index (χ1) is 13.2. The van der Waals surface area contributed by atoms with Gasteiger partial charge in [-0.2, -0.15) is 0 Å². The number of nitrogens with one attached hydrogen (secondary N) is 2. The molecule has 1 atom stereocenters. The van der Waals surface area contributed by atoms with Crippen molar-refractivity contribution in [3.8, 4) is 5.75 Å². The highest BCUT2D eigenvalue weighted by Gasteiger charge is 2.23. The Labute approximate surface area is 157 Å². The second-order valence-electron chi connectivity index (χ2n) is 6.03. The Bertz CT molecular complexity index is 788. The molecule has 142 valence electrons. The maximum Gasteiger partial charge on any atom is 0.337 e. The quantitative estimate of drug-likeness (QED) is 0.757. The largest absolute Gasteiger partial charge is 0.487 e. The molecule has 1 aliphatic heterocycles. The molecular weight excluding hydrogens is 348 g/mol. The number of ether oxygens (including phenoxy) is 3. The lowest BCUT2D eigenvalue weighted by Crippen LogP contribution is -2.45. The van der Waals surface area contributed by atoms with Crippen molar-refractivity contribution in [1.82, 2.24) is 5.32 Å². The van der Waals surface area contributed by atoms with Gasteiger partial charge in [0.1, 0.15) is 18.5 Å². The molecule has 2 aromatic rings. The van der Waals surface area contributed by atoms with Gasteiger partial charge >= 0.3 is 5.97 Å². The van der Waals surface area contributed by atoms with Crippen LogP contribution in [0.3, 0.4) is 0 Å². The van der Waals surface area contributed by atoms with Gasteiger partial charge in [0.15, 0.2) is 0 Å². The Morgan fingerprint density at radius 3 is 2.74 bits per heavy atom. The number of hydrogen-bond donors (Lipinski definition) is 2. The van der Waals surface area contributed by atoms with E-state index in [2.05, 4.69) is 10.6 Å². The number of amides is 1. The topological polar surface area (TPSA) is 85.9 Å². The summed E-state index contributed by atoms with van der Waals surface area (Å²) < 4.78 is 16.1. The summed E-state index contributed by atoms with van der Waals surface area (Å²) in [7, 11) is 1.31. The van der Waals surface area contributed by atoms with Crippen LogP contribution in [0.5, 0.6) is 5.75 Å². The highest BCUT2D eigenvalue weighted by atomic mass is 16.5. The van der Waals surface area contributed by atoms with E-state index in [9.17, 15) is 9.59 Å². The summed E-state index contributed by atoms with van der Waals surface area (Å²) in [6.07, 6.45) is -0.595. The highest BCUT2D eigenvalue weighted by Crippen LogP contribution is 2.27. The van der Waals surface area contributed by atoms with E-state index in [1.807, 2.05) is 30.3 Å². The molecule has 0 unspecified atom stereocenters. The summed E-state index contributed by atoms with van der Waals surface area (Å²) in [6, 6.07) is 14.5. The zero-order valence-corrected chi connectivity index (χ0v) is 15.1. The summed E-state index contributed by atoms with van der Waals surface area (Å²) in [6.45, 7) is 1.95. The van der Waals surface area contributed by atoms with E-state index in [0.717, 1.165) is 5.56 Å². The maximum atomic E-state index is 12.5. The van der Waals surface area contributed by atoms with E-state index in [4.69, 9.17) is 14.2 Å². The molecule has 1 heterocycles. The number of morpholine rings is 1. The van der Waals surface area contributed by atoms with Crippen molar-refractivity contribution in [2.75, 3.05) is 32.1 Å². The molecule has 0 aromatic heterocycles. The molecule has 0 saturated carbocycles. The SMILES string of the molecule is COC(=O)c1ccc(OCc2ccccc2)c(NC(=O)[C@H]2CNCCO2)c1. The van der Waals surface area contributed by atoms with Crippen LogP contribution in [0, 0.1) is 0 Å². The first-order valence-corrected chi connectivity index (χ1v) is 8.69. The minimum atomic E-state index is -0.595. The lowest BCUT2D eigenvalue weighted by atomic mass is 10.1.